The first-order chi connectivity index (χ1) is 13.5. The van der Waals surface area contributed by atoms with Crippen LogP contribution in [0.2, 0.25) is 0 Å². The van der Waals surface area contributed by atoms with Crippen molar-refractivity contribution in [3.63, 3.8) is 0 Å². The highest BCUT2D eigenvalue weighted by atomic mass is 32.2. The zero-order valence-corrected chi connectivity index (χ0v) is 16.1. The van der Waals surface area contributed by atoms with Crippen molar-refractivity contribution in [2.45, 2.75) is 29.2 Å². The van der Waals surface area contributed by atoms with E-state index in [4.69, 9.17) is 4.74 Å². The minimum Gasteiger partial charge on any atom is -0.497 e. The van der Waals surface area contributed by atoms with Crippen molar-refractivity contribution < 1.29 is 17.9 Å². The Hall–Kier alpha value is -3.13. The summed E-state index contributed by atoms with van der Waals surface area (Å²) < 4.78 is 33.3. The van der Waals surface area contributed by atoms with E-state index >= 15 is 0 Å². The fourth-order valence-corrected chi connectivity index (χ4v) is 4.99. The van der Waals surface area contributed by atoms with Gasteiger partial charge in [-0.15, -0.1) is 0 Å². The number of imidazole rings is 1. The Bertz CT molecular complexity index is 1120. The number of amides is 1. The van der Waals surface area contributed by atoms with Crippen LogP contribution in [0.5, 0.6) is 5.75 Å². The van der Waals surface area contributed by atoms with Crippen molar-refractivity contribution in [2.75, 3.05) is 12.0 Å². The summed E-state index contributed by atoms with van der Waals surface area (Å²) in [5.74, 6) is 0.267. The zero-order valence-electron chi connectivity index (χ0n) is 15.3. The van der Waals surface area contributed by atoms with Gasteiger partial charge in [0.2, 0.25) is 15.7 Å². The molecule has 0 unspecified atom stereocenters. The van der Waals surface area contributed by atoms with Crippen LogP contribution in [0.4, 0.5) is 11.4 Å². The highest BCUT2D eigenvalue weighted by Gasteiger charge is 2.36. The Labute approximate surface area is 163 Å². The van der Waals surface area contributed by atoms with Gasteiger partial charge in [0.1, 0.15) is 5.75 Å². The van der Waals surface area contributed by atoms with Crippen molar-refractivity contribution in [1.29, 1.82) is 0 Å². The van der Waals surface area contributed by atoms with Crippen LogP contribution >= 0.6 is 0 Å². The Morgan fingerprint density at radius 1 is 1.11 bits per heavy atom. The molecule has 0 saturated heterocycles. The molecule has 1 amide bonds. The number of sulfone groups is 1. The standard InChI is InChI=1S/C20H19N3O4S/c1-27-15-8-9-17-19(13-15)28(25,26)18-6-3-2-5-16(18)23(17)20(24)7-4-11-22-12-10-21-14-22/h2-3,5-6,8-10,12-14H,4,7,11H2,1H3. The topological polar surface area (TPSA) is 81.5 Å². The summed E-state index contributed by atoms with van der Waals surface area (Å²) in [6.07, 6.45) is 6.13. The van der Waals surface area contributed by atoms with Crippen LogP contribution in [0.3, 0.4) is 0 Å². The molecule has 2 aromatic carbocycles. The minimum absolute atomic E-state index is 0.0773. The van der Waals surface area contributed by atoms with E-state index in [1.807, 2.05) is 10.8 Å². The summed E-state index contributed by atoms with van der Waals surface area (Å²) in [6, 6.07) is 11.3. The maximum atomic E-state index is 13.1. The van der Waals surface area contributed by atoms with Gasteiger partial charge in [0, 0.05) is 31.4 Å². The van der Waals surface area contributed by atoms with Crippen LogP contribution in [-0.4, -0.2) is 31.0 Å². The third-order valence-corrected chi connectivity index (χ3v) is 6.54. The van der Waals surface area contributed by atoms with E-state index in [-0.39, 0.29) is 22.1 Å². The number of aryl methyl sites for hydroxylation is 1. The molecule has 144 valence electrons. The number of aromatic nitrogens is 2. The van der Waals surface area contributed by atoms with Crippen molar-refractivity contribution in [3.05, 3.63) is 61.2 Å². The molecule has 0 bridgehead atoms. The number of hydrogen-bond donors (Lipinski definition) is 0. The lowest BCUT2D eigenvalue weighted by Crippen LogP contribution is -2.31. The number of hydrogen-bond acceptors (Lipinski definition) is 5. The van der Waals surface area contributed by atoms with E-state index in [2.05, 4.69) is 4.98 Å². The summed E-state index contributed by atoms with van der Waals surface area (Å²) in [5.41, 5.74) is 0.736. The molecule has 7 nitrogen and oxygen atoms in total. The molecule has 1 aromatic heterocycles. The van der Waals surface area contributed by atoms with Gasteiger partial charge in [-0.2, -0.15) is 0 Å². The summed E-state index contributed by atoms with van der Waals surface area (Å²) in [4.78, 5) is 18.8. The Morgan fingerprint density at radius 2 is 1.89 bits per heavy atom. The van der Waals surface area contributed by atoms with Gasteiger partial charge >= 0.3 is 0 Å². The number of carbonyl (C=O) groups is 1. The molecule has 3 aromatic rings. The third kappa shape index (κ3) is 3.05. The number of nitrogens with zero attached hydrogens (tertiary/aromatic N) is 3. The molecule has 1 aliphatic rings. The number of fused-ring (bicyclic) bond motifs is 2. The molecule has 0 saturated carbocycles. The van der Waals surface area contributed by atoms with Crippen molar-refractivity contribution in [1.82, 2.24) is 9.55 Å². The highest BCUT2D eigenvalue weighted by molar-refractivity contribution is 7.92. The lowest BCUT2D eigenvalue weighted by molar-refractivity contribution is -0.118. The van der Waals surface area contributed by atoms with Crippen LogP contribution in [-0.2, 0) is 21.2 Å². The average molecular weight is 397 g/mol. The second-order valence-electron chi connectivity index (χ2n) is 6.44. The fourth-order valence-electron chi connectivity index (χ4n) is 3.35. The summed E-state index contributed by atoms with van der Waals surface area (Å²) in [6.45, 7) is 0.662. The smallest absolute Gasteiger partial charge is 0.231 e. The lowest BCUT2D eigenvalue weighted by Gasteiger charge is -2.31. The van der Waals surface area contributed by atoms with E-state index in [0.717, 1.165) is 0 Å². The Morgan fingerprint density at radius 3 is 2.64 bits per heavy atom. The molecule has 28 heavy (non-hydrogen) atoms. The van der Waals surface area contributed by atoms with Crippen molar-refractivity contribution in [3.8, 4) is 5.75 Å². The first-order valence-electron chi connectivity index (χ1n) is 8.83. The maximum Gasteiger partial charge on any atom is 0.231 e. The number of ether oxygens (including phenoxy) is 1. The molecule has 0 atom stereocenters. The molecule has 8 heteroatoms. The van der Waals surface area contributed by atoms with Crippen LogP contribution in [0.15, 0.2) is 71.0 Å². The second kappa shape index (κ2) is 7.12. The van der Waals surface area contributed by atoms with Crippen molar-refractivity contribution in [2.24, 2.45) is 0 Å². The Balaban J connectivity index is 1.72. The average Bonchev–Trinajstić information content (AvgIpc) is 3.21. The summed E-state index contributed by atoms with van der Waals surface area (Å²) in [5, 5.41) is 0. The van der Waals surface area contributed by atoms with Gasteiger partial charge in [-0.25, -0.2) is 13.4 Å². The van der Waals surface area contributed by atoms with Gasteiger partial charge in [-0.1, -0.05) is 12.1 Å². The predicted octanol–water partition coefficient (Wildman–Crippen LogP) is 3.18. The molecular formula is C20H19N3O4S. The molecule has 0 fully saturated rings. The number of rotatable bonds is 5. The number of anilines is 2. The molecule has 0 aliphatic carbocycles. The molecule has 0 spiro atoms. The van der Waals surface area contributed by atoms with E-state index in [0.29, 0.717) is 30.1 Å². The van der Waals surface area contributed by atoms with E-state index < -0.39 is 9.84 Å². The molecule has 0 radical (unpaired) electrons. The van der Waals surface area contributed by atoms with E-state index in [1.54, 1.807) is 42.9 Å². The van der Waals surface area contributed by atoms with Gasteiger partial charge in [-0.05, 0) is 30.7 Å². The monoisotopic (exact) mass is 397 g/mol. The first-order valence-corrected chi connectivity index (χ1v) is 10.3. The van der Waals surface area contributed by atoms with E-state index in [1.165, 1.54) is 24.1 Å². The van der Waals surface area contributed by atoms with E-state index in [9.17, 15) is 13.2 Å². The summed E-state index contributed by atoms with van der Waals surface area (Å²) in [7, 11) is -2.27. The van der Waals surface area contributed by atoms with Crippen LogP contribution in [0.25, 0.3) is 0 Å². The number of para-hydroxylation sites is 1. The number of carbonyl (C=O) groups excluding carboxylic acids is 1. The second-order valence-corrected chi connectivity index (χ2v) is 8.32. The molecule has 0 N–H and O–H groups in total. The fraction of sp³-hybridized carbons (Fsp3) is 0.200. The highest BCUT2D eigenvalue weighted by Crippen LogP contribution is 2.45. The maximum absolute atomic E-state index is 13.1. The first kappa shape index (κ1) is 18.2. The zero-order chi connectivity index (χ0) is 19.7. The van der Waals surface area contributed by atoms with Gasteiger partial charge < -0.3 is 9.30 Å². The minimum atomic E-state index is -3.74. The molecule has 4 rings (SSSR count). The normalized spacial score (nSPS) is 14.2. The summed E-state index contributed by atoms with van der Waals surface area (Å²) >= 11 is 0. The SMILES string of the molecule is COc1ccc2c(c1)S(=O)(=O)c1ccccc1N2C(=O)CCCn1ccnc1. The van der Waals surface area contributed by atoms with Crippen LogP contribution in [0.1, 0.15) is 12.8 Å². The predicted molar refractivity (Wildman–Crippen MR) is 103 cm³/mol. The number of benzene rings is 2. The van der Waals surface area contributed by atoms with Crippen LogP contribution in [0, 0.1) is 0 Å². The van der Waals surface area contributed by atoms with Gasteiger partial charge in [0.15, 0.2) is 0 Å². The van der Waals surface area contributed by atoms with Gasteiger partial charge in [-0.3, -0.25) is 9.69 Å². The Kier molecular flexibility index (Phi) is 4.64. The van der Waals surface area contributed by atoms with Crippen LogP contribution < -0.4 is 9.64 Å². The number of methoxy groups -OCH3 is 1. The lowest BCUT2D eigenvalue weighted by atomic mass is 10.1. The van der Waals surface area contributed by atoms with Crippen molar-refractivity contribution >= 4 is 27.1 Å². The molecule has 1 aliphatic heterocycles. The molecular weight excluding hydrogens is 378 g/mol. The van der Waals surface area contributed by atoms with Gasteiger partial charge in [0.25, 0.3) is 0 Å². The largest absolute Gasteiger partial charge is 0.497 e. The molecule has 2 heterocycles. The quantitative estimate of drug-likeness (QED) is 0.660. The van der Waals surface area contributed by atoms with Gasteiger partial charge in [0.05, 0.1) is 34.6 Å². The third-order valence-electron chi connectivity index (χ3n) is 4.71.